The molecule has 14 heavy (non-hydrogen) atoms. The van der Waals surface area contributed by atoms with Gasteiger partial charge >= 0.3 is 12.0 Å². The Hall–Kier alpha value is -1.39. The van der Waals surface area contributed by atoms with Crippen LogP contribution >= 0.6 is 0 Å². The first-order chi connectivity index (χ1) is 6.86. The molecule has 0 radical (unpaired) electrons. The van der Waals surface area contributed by atoms with Gasteiger partial charge in [0.2, 0.25) is 0 Å². The van der Waals surface area contributed by atoms with Gasteiger partial charge in [-0.15, -0.1) is 5.10 Å². The summed E-state index contributed by atoms with van der Waals surface area (Å²) in [7, 11) is 0. The highest BCUT2D eigenvalue weighted by atomic mass is 16.5. The first-order valence-electron chi connectivity index (χ1n) is 4.94. The van der Waals surface area contributed by atoms with Crippen molar-refractivity contribution >= 4 is 5.97 Å². The number of nitrogens with one attached hydrogen (secondary N) is 1. The van der Waals surface area contributed by atoms with E-state index in [9.17, 15) is 4.79 Å². The van der Waals surface area contributed by atoms with Crippen molar-refractivity contribution in [2.45, 2.75) is 32.1 Å². The van der Waals surface area contributed by atoms with Crippen LogP contribution in [0.3, 0.4) is 0 Å². The number of hydrogen-bond acceptors (Lipinski definition) is 4. The lowest BCUT2D eigenvalue weighted by molar-refractivity contribution is -0.140. The van der Waals surface area contributed by atoms with Crippen molar-refractivity contribution < 1.29 is 9.53 Å². The predicted molar refractivity (Wildman–Crippen MR) is 48.6 cm³/mol. The largest absolute Gasteiger partial charge is 0.390 e. The zero-order chi connectivity index (χ0) is 9.80. The average molecular weight is 195 g/mol. The average Bonchev–Trinajstić information content (AvgIpc) is 2.72. The highest BCUT2D eigenvalue weighted by Gasteiger charge is 2.23. The Balaban J connectivity index is 1.88. The number of nitrogens with zero attached hydrogens (tertiary/aromatic N) is 2. The zero-order valence-electron chi connectivity index (χ0n) is 7.90. The second kappa shape index (κ2) is 4.21. The number of carbonyl (C=O) groups excluding carboxylic acids is 1. The molecule has 0 aliphatic heterocycles. The molecule has 0 bridgehead atoms. The van der Waals surface area contributed by atoms with Gasteiger partial charge in [0.25, 0.3) is 0 Å². The Labute approximate surface area is 81.9 Å². The van der Waals surface area contributed by atoms with Crippen molar-refractivity contribution in [1.82, 2.24) is 15.2 Å². The van der Waals surface area contributed by atoms with E-state index in [1.54, 1.807) is 0 Å². The number of H-pyrrole nitrogens is 1. The van der Waals surface area contributed by atoms with Crippen LogP contribution in [0.15, 0.2) is 6.33 Å². The van der Waals surface area contributed by atoms with Crippen LogP contribution in [0.1, 0.15) is 32.1 Å². The molecule has 1 aromatic heterocycles. The monoisotopic (exact) mass is 195 g/mol. The van der Waals surface area contributed by atoms with Crippen LogP contribution in [-0.4, -0.2) is 21.2 Å². The molecule has 2 rings (SSSR count). The molecular weight excluding hydrogens is 182 g/mol. The SMILES string of the molecule is O=C(Oc1nc[nH]n1)C1CCCCC1. The maximum Gasteiger partial charge on any atom is 0.343 e. The zero-order valence-corrected chi connectivity index (χ0v) is 7.90. The number of ether oxygens (including phenoxy) is 1. The Kier molecular flexibility index (Phi) is 2.76. The third-order valence-corrected chi connectivity index (χ3v) is 2.52. The van der Waals surface area contributed by atoms with E-state index < -0.39 is 0 Å². The second-order valence-electron chi connectivity index (χ2n) is 3.54. The lowest BCUT2D eigenvalue weighted by atomic mass is 9.89. The van der Waals surface area contributed by atoms with Gasteiger partial charge < -0.3 is 4.74 Å². The molecule has 5 nitrogen and oxygen atoms in total. The molecule has 0 amide bonds. The maximum atomic E-state index is 11.5. The van der Waals surface area contributed by atoms with Crippen LogP contribution in [0.4, 0.5) is 0 Å². The summed E-state index contributed by atoms with van der Waals surface area (Å²) in [6, 6.07) is 0.126. The fourth-order valence-electron chi connectivity index (χ4n) is 1.76. The molecule has 1 aliphatic carbocycles. The van der Waals surface area contributed by atoms with Crippen molar-refractivity contribution in [3.05, 3.63) is 6.33 Å². The van der Waals surface area contributed by atoms with Gasteiger partial charge in [0.1, 0.15) is 6.33 Å². The molecule has 0 unspecified atom stereocenters. The van der Waals surface area contributed by atoms with Crippen LogP contribution in [0.5, 0.6) is 6.01 Å². The highest BCUT2D eigenvalue weighted by Crippen LogP contribution is 2.24. The highest BCUT2D eigenvalue weighted by molar-refractivity contribution is 5.74. The van der Waals surface area contributed by atoms with E-state index in [1.807, 2.05) is 0 Å². The van der Waals surface area contributed by atoms with Crippen molar-refractivity contribution in [1.29, 1.82) is 0 Å². The topological polar surface area (TPSA) is 67.9 Å². The fraction of sp³-hybridized carbons (Fsp3) is 0.667. The minimum atomic E-state index is -0.190. The van der Waals surface area contributed by atoms with E-state index in [0.29, 0.717) is 0 Å². The summed E-state index contributed by atoms with van der Waals surface area (Å²) in [5.41, 5.74) is 0. The number of rotatable bonds is 2. The van der Waals surface area contributed by atoms with Crippen molar-refractivity contribution in [3.8, 4) is 6.01 Å². The molecule has 1 heterocycles. The minimum absolute atomic E-state index is 0.0437. The lowest BCUT2D eigenvalue weighted by Crippen LogP contribution is -2.23. The normalized spacial score (nSPS) is 18.0. The summed E-state index contributed by atoms with van der Waals surface area (Å²) in [5.74, 6) is -0.147. The molecular formula is C9H13N3O2. The molecule has 0 atom stereocenters. The molecule has 76 valence electrons. The van der Waals surface area contributed by atoms with Gasteiger partial charge in [-0.3, -0.25) is 9.89 Å². The number of aromatic amines is 1. The molecule has 1 aliphatic rings. The van der Waals surface area contributed by atoms with Crippen LogP contribution in [-0.2, 0) is 4.79 Å². The fourth-order valence-corrected chi connectivity index (χ4v) is 1.76. The summed E-state index contributed by atoms with van der Waals surface area (Å²) in [4.78, 5) is 15.3. The first kappa shape index (κ1) is 9.18. The molecule has 0 saturated heterocycles. The van der Waals surface area contributed by atoms with E-state index >= 15 is 0 Å². The van der Waals surface area contributed by atoms with E-state index in [2.05, 4.69) is 15.2 Å². The van der Waals surface area contributed by atoms with Crippen LogP contribution < -0.4 is 4.74 Å². The Morgan fingerprint density at radius 1 is 1.43 bits per heavy atom. The van der Waals surface area contributed by atoms with Gasteiger partial charge in [0.05, 0.1) is 5.92 Å². The van der Waals surface area contributed by atoms with Crippen LogP contribution in [0.25, 0.3) is 0 Å². The van der Waals surface area contributed by atoms with Crippen LogP contribution in [0.2, 0.25) is 0 Å². The minimum Gasteiger partial charge on any atom is -0.390 e. The van der Waals surface area contributed by atoms with E-state index in [1.165, 1.54) is 12.7 Å². The van der Waals surface area contributed by atoms with E-state index in [-0.39, 0.29) is 17.9 Å². The van der Waals surface area contributed by atoms with E-state index in [0.717, 1.165) is 25.7 Å². The molecule has 1 fully saturated rings. The van der Waals surface area contributed by atoms with Gasteiger partial charge in [-0.2, -0.15) is 4.98 Å². The van der Waals surface area contributed by atoms with Crippen LogP contribution in [0, 0.1) is 5.92 Å². The number of carbonyl (C=O) groups is 1. The molecule has 1 aromatic rings. The van der Waals surface area contributed by atoms with Crippen molar-refractivity contribution in [2.24, 2.45) is 5.92 Å². The Bertz CT molecular complexity index is 291. The summed E-state index contributed by atoms with van der Waals surface area (Å²) < 4.78 is 5.00. The smallest absolute Gasteiger partial charge is 0.343 e. The van der Waals surface area contributed by atoms with Gasteiger partial charge in [-0.1, -0.05) is 19.3 Å². The Morgan fingerprint density at radius 2 is 2.21 bits per heavy atom. The third-order valence-electron chi connectivity index (χ3n) is 2.52. The third kappa shape index (κ3) is 2.10. The molecule has 0 spiro atoms. The standard InChI is InChI=1S/C9H13N3O2/c13-8(7-4-2-1-3-5-7)14-9-10-6-11-12-9/h6-7H,1-5H2,(H,10,11,12). The summed E-state index contributed by atoms with van der Waals surface area (Å²) in [6.07, 6.45) is 6.72. The van der Waals surface area contributed by atoms with Crippen molar-refractivity contribution in [3.63, 3.8) is 0 Å². The number of esters is 1. The molecule has 1 saturated carbocycles. The quantitative estimate of drug-likeness (QED) is 0.722. The van der Waals surface area contributed by atoms with E-state index in [4.69, 9.17) is 4.74 Å². The van der Waals surface area contributed by atoms with Crippen molar-refractivity contribution in [2.75, 3.05) is 0 Å². The molecule has 0 aromatic carbocycles. The summed E-state index contributed by atoms with van der Waals surface area (Å²) in [5, 5.41) is 6.17. The molecule has 5 heteroatoms. The maximum absolute atomic E-state index is 11.5. The number of hydrogen-bond donors (Lipinski definition) is 1. The van der Waals surface area contributed by atoms with Gasteiger partial charge in [0, 0.05) is 0 Å². The Morgan fingerprint density at radius 3 is 2.86 bits per heavy atom. The number of aromatic nitrogens is 3. The van der Waals surface area contributed by atoms with Gasteiger partial charge in [-0.25, -0.2) is 0 Å². The summed E-state index contributed by atoms with van der Waals surface area (Å²) in [6.45, 7) is 0. The molecule has 1 N–H and O–H groups in total. The summed E-state index contributed by atoms with van der Waals surface area (Å²) >= 11 is 0. The second-order valence-corrected chi connectivity index (χ2v) is 3.54. The first-order valence-corrected chi connectivity index (χ1v) is 4.94. The van der Waals surface area contributed by atoms with Gasteiger partial charge in [-0.05, 0) is 12.8 Å². The van der Waals surface area contributed by atoms with Gasteiger partial charge in [0.15, 0.2) is 0 Å². The predicted octanol–water partition coefficient (Wildman–Crippen LogP) is 1.29. The lowest BCUT2D eigenvalue weighted by Gasteiger charge is -2.18.